The molecule has 35 heavy (non-hydrogen) atoms. The van der Waals surface area contributed by atoms with Crippen molar-refractivity contribution in [1.82, 2.24) is 5.32 Å². The summed E-state index contributed by atoms with van der Waals surface area (Å²) in [5, 5.41) is 2.84. The van der Waals surface area contributed by atoms with Crippen LogP contribution in [0.3, 0.4) is 0 Å². The summed E-state index contributed by atoms with van der Waals surface area (Å²) in [6.45, 7) is 15.4. The van der Waals surface area contributed by atoms with E-state index in [1.807, 2.05) is 38.1 Å². The summed E-state index contributed by atoms with van der Waals surface area (Å²) in [4.78, 5) is 30.5. The van der Waals surface area contributed by atoms with Gasteiger partial charge < -0.3 is 4.90 Å². The quantitative estimate of drug-likeness (QED) is 0.331. The zero-order valence-electron chi connectivity index (χ0n) is 21.7. The van der Waals surface area contributed by atoms with Crippen molar-refractivity contribution in [2.75, 3.05) is 9.80 Å². The number of nitrogens with one attached hydrogen (secondary N) is 1. The number of nitrogens with zero attached hydrogens (tertiary/aromatic N) is 2. The van der Waals surface area contributed by atoms with Gasteiger partial charge in [-0.05, 0) is 112 Å². The van der Waals surface area contributed by atoms with Gasteiger partial charge in [-0.1, -0.05) is 32.0 Å². The van der Waals surface area contributed by atoms with Gasteiger partial charge in [-0.25, -0.2) is 0 Å². The Kier molecular flexibility index (Phi) is 6.62. The number of rotatable bonds is 4. The van der Waals surface area contributed by atoms with Crippen LogP contribution in [0.4, 0.5) is 11.4 Å². The Bertz CT molecular complexity index is 1240. The number of hydrogen-bond donors (Lipinski definition) is 1. The van der Waals surface area contributed by atoms with E-state index in [1.165, 1.54) is 16.2 Å². The average Bonchev–Trinajstić information content (AvgIpc) is 2.76. The summed E-state index contributed by atoms with van der Waals surface area (Å²) in [6.07, 6.45) is 3.51. The van der Waals surface area contributed by atoms with E-state index in [2.05, 4.69) is 57.0 Å². The van der Waals surface area contributed by atoms with E-state index in [1.54, 1.807) is 6.08 Å². The molecule has 0 bridgehead atoms. The van der Waals surface area contributed by atoms with Gasteiger partial charge in [0.25, 0.3) is 11.8 Å². The van der Waals surface area contributed by atoms with Crippen LogP contribution in [0.1, 0.15) is 76.1 Å². The van der Waals surface area contributed by atoms with Crippen LogP contribution >= 0.6 is 12.2 Å². The van der Waals surface area contributed by atoms with Gasteiger partial charge in [0, 0.05) is 17.3 Å². The van der Waals surface area contributed by atoms with Gasteiger partial charge in [-0.3, -0.25) is 19.8 Å². The van der Waals surface area contributed by atoms with Crippen LogP contribution in [0, 0.1) is 6.92 Å². The standard InChI is InChI=1S/C29H35N3O2S/c1-8-20-11-9-10-12-24(20)31-27(34)23(26(33)30-28(31)35)15-21-14-22-19(5)16-29(6,7)32(17(2)3)25(22)13-18(21)4/h9-15,17,19H,8,16H2,1-7H3,(H,30,33,35)/b23-15+. The summed E-state index contributed by atoms with van der Waals surface area (Å²) in [5.41, 5.74) is 6.25. The molecule has 2 heterocycles. The van der Waals surface area contributed by atoms with Crippen LogP contribution in [0.5, 0.6) is 0 Å². The Hall–Kier alpha value is -2.99. The van der Waals surface area contributed by atoms with Gasteiger partial charge in [0.15, 0.2) is 5.11 Å². The molecule has 184 valence electrons. The third-order valence-electron chi connectivity index (χ3n) is 7.19. The number of carbonyl (C=O) groups excluding carboxylic acids is 2. The third-order valence-corrected chi connectivity index (χ3v) is 7.48. The van der Waals surface area contributed by atoms with Gasteiger partial charge in [-0.15, -0.1) is 0 Å². The minimum absolute atomic E-state index is 0.0507. The zero-order valence-corrected chi connectivity index (χ0v) is 22.5. The van der Waals surface area contributed by atoms with Crippen LogP contribution in [0.15, 0.2) is 42.0 Å². The molecule has 0 aliphatic carbocycles. The molecule has 0 saturated carbocycles. The van der Waals surface area contributed by atoms with Crippen molar-refractivity contribution in [3.05, 3.63) is 64.2 Å². The van der Waals surface area contributed by atoms with Gasteiger partial charge in [0.1, 0.15) is 5.57 Å². The van der Waals surface area contributed by atoms with Crippen LogP contribution in [0.2, 0.25) is 0 Å². The fourth-order valence-electron chi connectivity index (χ4n) is 5.81. The fourth-order valence-corrected chi connectivity index (χ4v) is 6.08. The SMILES string of the molecule is CCc1ccccc1N1C(=O)/C(=C/c2cc3c(cc2C)N(C(C)C)C(C)(C)CC3C)C(=O)NC1=S. The maximum absolute atomic E-state index is 13.6. The maximum atomic E-state index is 13.6. The van der Waals surface area contributed by atoms with E-state index in [9.17, 15) is 9.59 Å². The van der Waals surface area contributed by atoms with Crippen LogP contribution in [0.25, 0.3) is 6.08 Å². The van der Waals surface area contributed by atoms with Crippen molar-refractivity contribution >= 4 is 46.6 Å². The molecule has 1 saturated heterocycles. The first-order chi connectivity index (χ1) is 16.5. The molecule has 0 aromatic heterocycles. The van der Waals surface area contributed by atoms with Crippen molar-refractivity contribution in [3.63, 3.8) is 0 Å². The van der Waals surface area contributed by atoms with Crippen LogP contribution < -0.4 is 15.1 Å². The average molecular weight is 490 g/mol. The molecular formula is C29H35N3O2S. The molecule has 1 N–H and O–H groups in total. The van der Waals surface area contributed by atoms with Crippen molar-refractivity contribution < 1.29 is 9.59 Å². The van der Waals surface area contributed by atoms with Gasteiger partial charge >= 0.3 is 0 Å². The molecule has 1 fully saturated rings. The maximum Gasteiger partial charge on any atom is 0.270 e. The highest BCUT2D eigenvalue weighted by molar-refractivity contribution is 7.80. The molecule has 2 amide bonds. The van der Waals surface area contributed by atoms with Gasteiger partial charge in [-0.2, -0.15) is 0 Å². The topological polar surface area (TPSA) is 52.7 Å². The van der Waals surface area contributed by atoms with E-state index in [0.717, 1.165) is 29.5 Å². The summed E-state index contributed by atoms with van der Waals surface area (Å²) in [6, 6.07) is 12.4. The van der Waals surface area contributed by atoms with E-state index in [-0.39, 0.29) is 16.2 Å². The first-order valence-corrected chi connectivity index (χ1v) is 12.8. The van der Waals surface area contributed by atoms with E-state index >= 15 is 0 Å². The molecule has 5 nitrogen and oxygen atoms in total. The lowest BCUT2D eigenvalue weighted by molar-refractivity contribution is -0.122. The number of para-hydroxylation sites is 1. The predicted molar refractivity (Wildman–Crippen MR) is 148 cm³/mol. The first kappa shape index (κ1) is 25.1. The van der Waals surface area contributed by atoms with E-state index < -0.39 is 11.8 Å². The highest BCUT2D eigenvalue weighted by Crippen LogP contribution is 2.45. The highest BCUT2D eigenvalue weighted by Gasteiger charge is 2.39. The van der Waals surface area contributed by atoms with Crippen molar-refractivity contribution in [2.45, 2.75) is 78.8 Å². The van der Waals surface area contributed by atoms with E-state index in [0.29, 0.717) is 17.6 Å². The Balaban J connectivity index is 1.80. The largest absolute Gasteiger partial charge is 0.364 e. The van der Waals surface area contributed by atoms with Crippen LogP contribution in [-0.4, -0.2) is 28.5 Å². The number of fused-ring (bicyclic) bond motifs is 1. The Morgan fingerprint density at radius 2 is 1.86 bits per heavy atom. The molecule has 6 heteroatoms. The molecule has 4 rings (SSSR count). The number of hydrogen-bond acceptors (Lipinski definition) is 4. The van der Waals surface area contributed by atoms with Gasteiger partial charge in [0.05, 0.1) is 5.69 Å². The zero-order chi connectivity index (χ0) is 25.7. The minimum atomic E-state index is -0.458. The normalized spacial score (nSPS) is 21.0. The highest BCUT2D eigenvalue weighted by atomic mass is 32.1. The number of amides is 2. The first-order valence-electron chi connectivity index (χ1n) is 12.4. The third kappa shape index (κ3) is 4.40. The summed E-state index contributed by atoms with van der Waals surface area (Å²) in [7, 11) is 0. The lowest BCUT2D eigenvalue weighted by atomic mass is 9.78. The van der Waals surface area contributed by atoms with E-state index in [4.69, 9.17) is 12.2 Å². The number of carbonyl (C=O) groups is 2. The fraction of sp³-hybridized carbons (Fsp3) is 0.414. The molecule has 2 aliphatic rings. The van der Waals surface area contributed by atoms with Gasteiger partial charge in [0.2, 0.25) is 0 Å². The smallest absolute Gasteiger partial charge is 0.270 e. The second-order valence-corrected chi connectivity index (χ2v) is 11.0. The molecule has 2 aliphatic heterocycles. The lowest BCUT2D eigenvalue weighted by Crippen LogP contribution is -2.54. The van der Waals surface area contributed by atoms with Crippen molar-refractivity contribution in [2.24, 2.45) is 0 Å². The second kappa shape index (κ2) is 9.23. The minimum Gasteiger partial charge on any atom is -0.364 e. The monoisotopic (exact) mass is 489 g/mol. The summed E-state index contributed by atoms with van der Waals surface area (Å²) >= 11 is 5.41. The number of thiocarbonyl (C=S) groups is 1. The second-order valence-electron chi connectivity index (χ2n) is 10.6. The number of benzene rings is 2. The van der Waals surface area contributed by atoms with Crippen molar-refractivity contribution in [3.8, 4) is 0 Å². The molecule has 0 spiro atoms. The summed E-state index contributed by atoms with van der Waals surface area (Å²) < 4.78 is 0. The molecule has 2 aromatic carbocycles. The molecule has 1 atom stereocenters. The summed E-state index contributed by atoms with van der Waals surface area (Å²) in [5.74, 6) is -0.487. The Labute approximate surface area is 214 Å². The molecule has 2 aromatic rings. The predicted octanol–water partition coefficient (Wildman–Crippen LogP) is 5.89. The Morgan fingerprint density at radius 3 is 2.51 bits per heavy atom. The lowest BCUT2D eigenvalue weighted by Gasteiger charge is -2.50. The van der Waals surface area contributed by atoms with Crippen molar-refractivity contribution in [1.29, 1.82) is 0 Å². The Morgan fingerprint density at radius 1 is 1.17 bits per heavy atom. The molecule has 0 radical (unpaired) electrons. The number of anilines is 2. The number of aryl methyl sites for hydroxylation is 2. The molecular weight excluding hydrogens is 454 g/mol. The van der Waals surface area contributed by atoms with Crippen LogP contribution in [-0.2, 0) is 16.0 Å². The molecule has 1 unspecified atom stereocenters.